The fourth-order valence-corrected chi connectivity index (χ4v) is 2.25. The van der Waals surface area contributed by atoms with Gasteiger partial charge in [0.15, 0.2) is 0 Å². The van der Waals surface area contributed by atoms with Crippen LogP contribution in [0.4, 0.5) is 0 Å². The fourth-order valence-electron chi connectivity index (χ4n) is 2.25. The van der Waals surface area contributed by atoms with E-state index in [9.17, 15) is 14.4 Å². The smallest absolute Gasteiger partial charge is 0.251 e. The molecule has 0 bridgehead atoms. The number of carbonyl (C=O) groups excluding carboxylic acids is 3. The first-order valence-electron chi connectivity index (χ1n) is 9.79. The summed E-state index contributed by atoms with van der Waals surface area (Å²) in [6.07, 6.45) is 2.38. The Labute approximate surface area is 162 Å². The summed E-state index contributed by atoms with van der Waals surface area (Å²) < 4.78 is 0. The molecule has 1 aromatic carbocycles. The van der Waals surface area contributed by atoms with Crippen molar-refractivity contribution in [3.8, 4) is 0 Å². The summed E-state index contributed by atoms with van der Waals surface area (Å²) in [6, 6.07) is 4.63. The number of hydrogen-bond donors (Lipinski definition) is 3. The summed E-state index contributed by atoms with van der Waals surface area (Å²) in [5.74, 6) is -0.875. The molecule has 0 aliphatic carbocycles. The lowest BCUT2D eigenvalue weighted by molar-refractivity contribution is 0.0938. The highest BCUT2D eigenvalue weighted by Gasteiger charge is 2.18. The van der Waals surface area contributed by atoms with E-state index in [2.05, 4.69) is 16.0 Å². The predicted molar refractivity (Wildman–Crippen MR) is 108 cm³/mol. The molecule has 0 fully saturated rings. The zero-order chi connectivity index (χ0) is 20.6. The molecule has 6 heteroatoms. The van der Waals surface area contributed by atoms with Gasteiger partial charge in [0.2, 0.25) is 0 Å². The van der Waals surface area contributed by atoms with Gasteiger partial charge in [0.05, 0.1) is 0 Å². The number of benzene rings is 1. The quantitative estimate of drug-likeness (QED) is 0.619. The van der Waals surface area contributed by atoms with Gasteiger partial charge in [-0.3, -0.25) is 14.4 Å². The Morgan fingerprint density at radius 3 is 1.04 bits per heavy atom. The molecule has 0 saturated heterocycles. The standard InChI is InChI=1S/C21H33N3O3/c1-7-13(4)22-19(25)16-10-17(20(26)23-14(5)8-2)12-18(11-16)21(27)24-15(6)9-3/h10-15H,7-9H2,1-6H3,(H,22,25)(H,23,26)(H,24,27). The van der Waals surface area contributed by atoms with Crippen LogP contribution in [0.2, 0.25) is 0 Å². The van der Waals surface area contributed by atoms with Gasteiger partial charge in [0.25, 0.3) is 17.7 Å². The Kier molecular flexibility index (Phi) is 8.98. The summed E-state index contributed by atoms with van der Waals surface area (Å²) in [5.41, 5.74) is 0.921. The van der Waals surface area contributed by atoms with Gasteiger partial charge in [-0.05, 0) is 58.2 Å². The Balaban J connectivity index is 3.23. The van der Waals surface area contributed by atoms with Crippen LogP contribution in [-0.2, 0) is 0 Å². The lowest BCUT2D eigenvalue weighted by Gasteiger charge is -2.16. The average molecular weight is 376 g/mol. The molecule has 0 aliphatic heterocycles. The van der Waals surface area contributed by atoms with Crippen LogP contribution in [0.25, 0.3) is 0 Å². The molecule has 0 spiro atoms. The summed E-state index contributed by atoms with van der Waals surface area (Å²) >= 11 is 0. The van der Waals surface area contributed by atoms with Gasteiger partial charge in [-0.25, -0.2) is 0 Å². The second-order valence-electron chi connectivity index (χ2n) is 7.15. The van der Waals surface area contributed by atoms with Crippen LogP contribution < -0.4 is 16.0 Å². The zero-order valence-corrected chi connectivity index (χ0v) is 17.3. The van der Waals surface area contributed by atoms with E-state index in [0.29, 0.717) is 16.7 Å². The molecule has 1 rings (SSSR count). The third-order valence-corrected chi connectivity index (χ3v) is 4.69. The SMILES string of the molecule is CCC(C)NC(=O)c1cc(C(=O)NC(C)CC)cc(C(=O)NC(C)CC)c1. The van der Waals surface area contributed by atoms with Gasteiger partial charge < -0.3 is 16.0 Å². The molecule has 27 heavy (non-hydrogen) atoms. The number of carbonyl (C=O) groups is 3. The highest BCUT2D eigenvalue weighted by molar-refractivity contribution is 6.04. The Morgan fingerprint density at radius 2 is 0.852 bits per heavy atom. The fraction of sp³-hybridized carbons (Fsp3) is 0.571. The molecule has 150 valence electrons. The maximum absolute atomic E-state index is 12.5. The topological polar surface area (TPSA) is 87.3 Å². The molecule has 3 amide bonds. The number of rotatable bonds is 9. The second kappa shape index (κ2) is 10.7. The van der Waals surface area contributed by atoms with E-state index in [1.807, 2.05) is 41.5 Å². The largest absolute Gasteiger partial charge is 0.350 e. The monoisotopic (exact) mass is 375 g/mol. The molecule has 1 aromatic rings. The molecule has 0 aromatic heterocycles. The predicted octanol–water partition coefficient (Wildman–Crippen LogP) is 3.27. The van der Waals surface area contributed by atoms with E-state index in [1.165, 1.54) is 18.2 Å². The van der Waals surface area contributed by atoms with Crippen LogP contribution in [0.1, 0.15) is 91.9 Å². The molecule has 3 unspecified atom stereocenters. The van der Waals surface area contributed by atoms with Crippen LogP contribution in [0, 0.1) is 0 Å². The molecular weight excluding hydrogens is 342 g/mol. The van der Waals surface area contributed by atoms with Crippen molar-refractivity contribution < 1.29 is 14.4 Å². The normalized spacial score (nSPS) is 14.0. The van der Waals surface area contributed by atoms with Crippen molar-refractivity contribution in [3.05, 3.63) is 34.9 Å². The molecule has 3 atom stereocenters. The lowest BCUT2D eigenvalue weighted by Crippen LogP contribution is -2.35. The Hall–Kier alpha value is -2.37. The van der Waals surface area contributed by atoms with E-state index in [0.717, 1.165) is 19.3 Å². The van der Waals surface area contributed by atoms with Crippen molar-refractivity contribution in [1.29, 1.82) is 0 Å². The van der Waals surface area contributed by atoms with Crippen LogP contribution in [0.3, 0.4) is 0 Å². The van der Waals surface area contributed by atoms with Crippen LogP contribution >= 0.6 is 0 Å². The molecule has 0 radical (unpaired) electrons. The van der Waals surface area contributed by atoms with E-state index in [4.69, 9.17) is 0 Å². The van der Waals surface area contributed by atoms with Gasteiger partial charge in [-0.2, -0.15) is 0 Å². The Morgan fingerprint density at radius 1 is 0.630 bits per heavy atom. The van der Waals surface area contributed by atoms with E-state index in [-0.39, 0.29) is 35.8 Å². The highest BCUT2D eigenvalue weighted by atomic mass is 16.2. The van der Waals surface area contributed by atoms with Gasteiger partial charge in [0.1, 0.15) is 0 Å². The van der Waals surface area contributed by atoms with Gasteiger partial charge in [-0.15, -0.1) is 0 Å². The minimum absolute atomic E-state index is 0.00693. The van der Waals surface area contributed by atoms with E-state index in [1.54, 1.807) is 0 Å². The summed E-state index contributed by atoms with van der Waals surface area (Å²) in [6.45, 7) is 11.7. The maximum atomic E-state index is 12.5. The third kappa shape index (κ3) is 7.04. The van der Waals surface area contributed by atoms with Crippen LogP contribution in [-0.4, -0.2) is 35.8 Å². The maximum Gasteiger partial charge on any atom is 0.251 e. The lowest BCUT2D eigenvalue weighted by atomic mass is 10.0. The Bertz CT molecular complexity index is 570. The number of amides is 3. The van der Waals surface area contributed by atoms with Gasteiger partial charge in [0, 0.05) is 34.8 Å². The average Bonchev–Trinajstić information content (AvgIpc) is 2.66. The summed E-state index contributed by atoms with van der Waals surface area (Å²) in [4.78, 5) is 37.6. The summed E-state index contributed by atoms with van der Waals surface area (Å²) in [7, 11) is 0. The van der Waals surface area contributed by atoms with Crippen LogP contribution in [0.5, 0.6) is 0 Å². The zero-order valence-electron chi connectivity index (χ0n) is 17.3. The number of hydrogen-bond acceptors (Lipinski definition) is 3. The number of nitrogens with one attached hydrogen (secondary N) is 3. The molecule has 6 nitrogen and oxygen atoms in total. The minimum Gasteiger partial charge on any atom is -0.350 e. The minimum atomic E-state index is -0.292. The van der Waals surface area contributed by atoms with Gasteiger partial charge in [-0.1, -0.05) is 20.8 Å². The van der Waals surface area contributed by atoms with Gasteiger partial charge >= 0.3 is 0 Å². The van der Waals surface area contributed by atoms with Crippen molar-refractivity contribution in [3.63, 3.8) is 0 Å². The first-order chi connectivity index (χ1) is 12.7. The third-order valence-electron chi connectivity index (χ3n) is 4.69. The second-order valence-corrected chi connectivity index (χ2v) is 7.15. The first-order valence-corrected chi connectivity index (χ1v) is 9.79. The van der Waals surface area contributed by atoms with Crippen molar-refractivity contribution in [2.45, 2.75) is 78.9 Å². The van der Waals surface area contributed by atoms with Crippen molar-refractivity contribution in [1.82, 2.24) is 16.0 Å². The summed E-state index contributed by atoms with van der Waals surface area (Å²) in [5, 5.41) is 8.64. The highest BCUT2D eigenvalue weighted by Crippen LogP contribution is 2.13. The van der Waals surface area contributed by atoms with E-state index >= 15 is 0 Å². The van der Waals surface area contributed by atoms with E-state index < -0.39 is 0 Å². The van der Waals surface area contributed by atoms with Crippen LogP contribution in [0.15, 0.2) is 18.2 Å². The molecule has 0 aliphatic rings. The molecular formula is C21H33N3O3. The molecule has 0 saturated carbocycles. The van der Waals surface area contributed by atoms with Crippen molar-refractivity contribution >= 4 is 17.7 Å². The molecule has 3 N–H and O–H groups in total. The van der Waals surface area contributed by atoms with Crippen molar-refractivity contribution in [2.24, 2.45) is 0 Å². The first kappa shape index (κ1) is 22.7. The van der Waals surface area contributed by atoms with Crippen molar-refractivity contribution in [2.75, 3.05) is 0 Å². The molecule has 0 heterocycles.